The molecule has 3 amide bonds. The number of carbonyl (C=O) groups excluding carboxylic acids is 3. The minimum absolute atomic E-state index is 0.00645. The summed E-state index contributed by atoms with van der Waals surface area (Å²) in [6.45, 7) is 12.2. The molecule has 4 N–H and O–H groups in total. The number of aromatic hydroxyl groups is 1. The number of alkyl carbamates (subject to hydrolysis) is 1. The summed E-state index contributed by atoms with van der Waals surface area (Å²) in [6, 6.07) is 9.46. The first kappa shape index (κ1) is 30.6. The van der Waals surface area contributed by atoms with Crippen LogP contribution in [0.15, 0.2) is 42.5 Å². The first-order valence-corrected chi connectivity index (χ1v) is 12.8. The molecular weight excluding hydrogens is 486 g/mol. The molecule has 2 aromatic carbocycles. The lowest BCUT2D eigenvalue weighted by Gasteiger charge is -2.34. The van der Waals surface area contributed by atoms with Gasteiger partial charge < -0.3 is 30.5 Å². The van der Waals surface area contributed by atoms with E-state index in [2.05, 4.69) is 10.6 Å². The Morgan fingerprint density at radius 1 is 1.00 bits per heavy atom. The average molecular weight is 528 g/mol. The van der Waals surface area contributed by atoms with Crippen LogP contribution in [-0.2, 0) is 14.3 Å². The normalized spacial score (nSPS) is 13.0. The fraction of sp³-hybridized carbons (Fsp3) is 0.483. The van der Waals surface area contributed by atoms with E-state index in [0.29, 0.717) is 17.7 Å². The summed E-state index contributed by atoms with van der Waals surface area (Å²) in [5.74, 6) is -0.985. The van der Waals surface area contributed by atoms with Gasteiger partial charge in [-0.25, -0.2) is 4.79 Å². The van der Waals surface area contributed by atoms with Crippen LogP contribution in [0.2, 0.25) is 0 Å². The van der Waals surface area contributed by atoms with Gasteiger partial charge in [0, 0.05) is 12.2 Å². The monoisotopic (exact) mass is 527 g/mol. The van der Waals surface area contributed by atoms with Crippen LogP contribution in [0.5, 0.6) is 5.75 Å². The second kappa shape index (κ2) is 13.3. The number of aliphatic hydroxyl groups excluding tert-OH is 1. The van der Waals surface area contributed by atoms with Gasteiger partial charge in [-0.1, -0.05) is 44.2 Å². The van der Waals surface area contributed by atoms with E-state index < -0.39 is 42.2 Å². The Balaban J connectivity index is 2.52. The number of benzene rings is 2. The number of carbonyl (C=O) groups is 3. The molecule has 2 rings (SSSR count). The van der Waals surface area contributed by atoms with Gasteiger partial charge >= 0.3 is 6.09 Å². The van der Waals surface area contributed by atoms with Gasteiger partial charge in [-0.05, 0) is 75.8 Å². The van der Waals surface area contributed by atoms with Gasteiger partial charge in [0.25, 0.3) is 5.91 Å². The molecule has 0 saturated heterocycles. The molecule has 9 nitrogen and oxygen atoms in total. The second-order valence-corrected chi connectivity index (χ2v) is 10.8. The Morgan fingerprint density at radius 2 is 1.58 bits per heavy atom. The number of anilines is 1. The highest BCUT2D eigenvalue weighted by atomic mass is 16.6. The van der Waals surface area contributed by atoms with Crippen LogP contribution < -0.4 is 10.6 Å². The van der Waals surface area contributed by atoms with Crippen molar-refractivity contribution in [2.75, 3.05) is 18.5 Å². The SMILES string of the molecule is Cc1cccc(C)c1NC(=O)C(c1ccc(O)cc1)N(CCO)C(=O)C(CC(C)C)NC(=O)OC(C)(C)C. The predicted molar refractivity (Wildman–Crippen MR) is 147 cm³/mol. The summed E-state index contributed by atoms with van der Waals surface area (Å²) in [6.07, 6.45) is -0.456. The maximum Gasteiger partial charge on any atom is 0.408 e. The lowest BCUT2D eigenvalue weighted by molar-refractivity contribution is -0.141. The van der Waals surface area contributed by atoms with Crippen LogP contribution in [0.3, 0.4) is 0 Å². The number of amides is 3. The van der Waals surface area contributed by atoms with Gasteiger partial charge in [0.05, 0.1) is 6.61 Å². The standard InChI is InChI=1S/C29H41N3O6/c1-18(2)17-23(30-28(37)38-29(5,6)7)27(36)32(15-16-33)25(21-11-13-22(34)14-12-21)26(35)31-24-19(3)9-8-10-20(24)4/h8-14,18,23,25,33-34H,15-17H2,1-7H3,(H,30,37)(H,31,35). The minimum Gasteiger partial charge on any atom is -0.508 e. The third-order valence-electron chi connectivity index (χ3n) is 5.82. The number of rotatable bonds is 10. The molecule has 0 heterocycles. The number of para-hydroxylation sites is 1. The Hall–Kier alpha value is -3.59. The lowest BCUT2D eigenvalue weighted by Crippen LogP contribution is -2.53. The number of nitrogens with one attached hydrogen (secondary N) is 2. The summed E-state index contributed by atoms with van der Waals surface area (Å²) in [5, 5.41) is 25.3. The number of hydrogen-bond donors (Lipinski definition) is 4. The molecule has 0 radical (unpaired) electrons. The van der Waals surface area contributed by atoms with Gasteiger partial charge in [0.2, 0.25) is 5.91 Å². The molecular formula is C29H41N3O6. The third kappa shape index (κ3) is 8.76. The zero-order valence-corrected chi connectivity index (χ0v) is 23.4. The third-order valence-corrected chi connectivity index (χ3v) is 5.82. The molecule has 0 saturated carbocycles. The molecule has 38 heavy (non-hydrogen) atoms. The highest BCUT2D eigenvalue weighted by molar-refractivity contribution is 5.99. The molecule has 0 fully saturated rings. The van der Waals surface area contributed by atoms with Crippen molar-refractivity contribution < 1.29 is 29.3 Å². The summed E-state index contributed by atoms with van der Waals surface area (Å²) >= 11 is 0. The average Bonchev–Trinajstić information content (AvgIpc) is 2.80. The van der Waals surface area contributed by atoms with Gasteiger partial charge in [0.15, 0.2) is 0 Å². The number of nitrogens with zero attached hydrogens (tertiary/aromatic N) is 1. The van der Waals surface area contributed by atoms with Gasteiger partial charge in [-0.15, -0.1) is 0 Å². The van der Waals surface area contributed by atoms with E-state index in [0.717, 1.165) is 11.1 Å². The lowest BCUT2D eigenvalue weighted by atomic mass is 9.98. The van der Waals surface area contributed by atoms with Crippen molar-refractivity contribution in [3.63, 3.8) is 0 Å². The van der Waals surface area contributed by atoms with Crippen LogP contribution in [0, 0.1) is 19.8 Å². The maximum absolute atomic E-state index is 14.0. The number of phenolic OH excluding ortho intramolecular Hbond substituents is 1. The molecule has 0 aliphatic rings. The van der Waals surface area contributed by atoms with Crippen molar-refractivity contribution in [3.05, 3.63) is 59.2 Å². The zero-order chi connectivity index (χ0) is 28.6. The fourth-order valence-corrected chi connectivity index (χ4v) is 4.15. The highest BCUT2D eigenvalue weighted by Crippen LogP contribution is 2.28. The zero-order valence-electron chi connectivity index (χ0n) is 23.4. The molecule has 0 aliphatic carbocycles. The maximum atomic E-state index is 14.0. The van der Waals surface area contributed by atoms with Crippen LogP contribution in [0.25, 0.3) is 0 Å². The first-order valence-electron chi connectivity index (χ1n) is 12.8. The van der Waals surface area contributed by atoms with Gasteiger partial charge in [-0.2, -0.15) is 0 Å². The minimum atomic E-state index is -1.15. The topological polar surface area (TPSA) is 128 Å². The van der Waals surface area contributed by atoms with Crippen LogP contribution >= 0.6 is 0 Å². The molecule has 9 heteroatoms. The van der Waals surface area contributed by atoms with Gasteiger partial charge in [-0.3, -0.25) is 9.59 Å². The molecule has 0 bridgehead atoms. The summed E-state index contributed by atoms with van der Waals surface area (Å²) in [7, 11) is 0. The largest absolute Gasteiger partial charge is 0.508 e. The molecule has 0 spiro atoms. The van der Waals surface area contributed by atoms with E-state index in [1.165, 1.54) is 17.0 Å². The molecule has 2 atom stereocenters. The van der Waals surface area contributed by atoms with E-state index in [1.54, 1.807) is 32.9 Å². The Labute approximate surface area is 225 Å². The summed E-state index contributed by atoms with van der Waals surface area (Å²) in [4.78, 5) is 41.6. The smallest absolute Gasteiger partial charge is 0.408 e. The summed E-state index contributed by atoms with van der Waals surface area (Å²) in [5.41, 5.74) is 2.01. The van der Waals surface area contributed by atoms with Crippen molar-refractivity contribution in [2.24, 2.45) is 5.92 Å². The second-order valence-electron chi connectivity index (χ2n) is 10.8. The molecule has 0 aliphatic heterocycles. The Morgan fingerprint density at radius 3 is 2.08 bits per heavy atom. The number of ether oxygens (including phenoxy) is 1. The molecule has 2 unspecified atom stereocenters. The van der Waals surface area contributed by atoms with E-state index in [1.807, 2.05) is 45.9 Å². The van der Waals surface area contributed by atoms with Crippen molar-refractivity contribution in [1.82, 2.24) is 10.2 Å². The van der Waals surface area contributed by atoms with Crippen LogP contribution in [0.4, 0.5) is 10.5 Å². The van der Waals surface area contributed by atoms with E-state index in [-0.39, 0.29) is 18.2 Å². The van der Waals surface area contributed by atoms with Crippen molar-refractivity contribution in [2.45, 2.75) is 72.6 Å². The van der Waals surface area contributed by atoms with Crippen LogP contribution in [0.1, 0.15) is 63.8 Å². The molecule has 0 aromatic heterocycles. The number of hydrogen-bond acceptors (Lipinski definition) is 6. The van der Waals surface area contributed by atoms with Gasteiger partial charge in [0.1, 0.15) is 23.4 Å². The fourth-order valence-electron chi connectivity index (χ4n) is 4.15. The van der Waals surface area contributed by atoms with E-state index >= 15 is 0 Å². The molecule has 2 aromatic rings. The number of aliphatic hydroxyl groups is 1. The Kier molecular flexibility index (Phi) is 10.7. The molecule has 208 valence electrons. The van der Waals surface area contributed by atoms with Crippen molar-refractivity contribution in [1.29, 1.82) is 0 Å². The first-order chi connectivity index (χ1) is 17.7. The van der Waals surface area contributed by atoms with Crippen LogP contribution in [-0.4, -0.2) is 57.8 Å². The van der Waals surface area contributed by atoms with Crippen molar-refractivity contribution >= 4 is 23.6 Å². The summed E-state index contributed by atoms with van der Waals surface area (Å²) < 4.78 is 5.37. The van der Waals surface area contributed by atoms with E-state index in [4.69, 9.17) is 4.74 Å². The number of aryl methyl sites for hydroxylation is 2. The quantitative estimate of drug-likeness (QED) is 0.361. The van der Waals surface area contributed by atoms with Crippen molar-refractivity contribution in [3.8, 4) is 5.75 Å². The number of phenols is 1. The highest BCUT2D eigenvalue weighted by Gasteiger charge is 2.36. The predicted octanol–water partition coefficient (Wildman–Crippen LogP) is 4.45. The van der Waals surface area contributed by atoms with E-state index in [9.17, 15) is 24.6 Å². The Bertz CT molecular complexity index is 1090.